The van der Waals surface area contributed by atoms with E-state index in [2.05, 4.69) is 24.4 Å². The molecular formula is C11H19F3O2Si. The molecule has 0 aromatic carbocycles. The molecule has 1 fully saturated rings. The summed E-state index contributed by atoms with van der Waals surface area (Å²) in [5.41, 5.74) is 0.447. The minimum absolute atomic E-state index is 0.447. The first-order chi connectivity index (χ1) is 7.60. The summed E-state index contributed by atoms with van der Waals surface area (Å²) in [4.78, 5) is 10.8. The Morgan fingerprint density at radius 1 is 1.24 bits per heavy atom. The van der Waals surface area contributed by atoms with Crippen LogP contribution in [0.3, 0.4) is 0 Å². The van der Waals surface area contributed by atoms with E-state index in [1.54, 1.807) is 0 Å². The van der Waals surface area contributed by atoms with Crippen LogP contribution in [0.1, 0.15) is 25.7 Å². The second kappa shape index (κ2) is 5.00. The van der Waals surface area contributed by atoms with Crippen LogP contribution >= 0.6 is 0 Å². The minimum Gasteiger partial charge on any atom is -0.456 e. The molecule has 0 unspecified atom stereocenters. The summed E-state index contributed by atoms with van der Waals surface area (Å²) < 4.78 is 40.7. The van der Waals surface area contributed by atoms with E-state index >= 15 is 0 Å². The van der Waals surface area contributed by atoms with Gasteiger partial charge < -0.3 is 4.74 Å². The van der Waals surface area contributed by atoms with Crippen molar-refractivity contribution in [1.82, 2.24) is 0 Å². The third-order valence-corrected chi connectivity index (χ3v) is 6.33. The standard InChI is InChI=1S/C11H19F3O2Si/c1-17(2,3)9-6-4-5-8(7-9)16-10(15)11(12,13)14/h8-9H,4-7H2,1-3H3/t8-,9-/m1/s1. The first kappa shape index (κ1) is 14.5. The third-order valence-electron chi connectivity index (χ3n) is 3.36. The molecule has 1 rings (SSSR count). The van der Waals surface area contributed by atoms with Crippen molar-refractivity contribution in [2.24, 2.45) is 0 Å². The molecule has 0 N–H and O–H groups in total. The molecule has 0 heterocycles. The van der Waals surface area contributed by atoms with Crippen molar-refractivity contribution in [1.29, 1.82) is 0 Å². The Labute approximate surface area is 101 Å². The van der Waals surface area contributed by atoms with Crippen LogP contribution in [0.25, 0.3) is 0 Å². The number of hydrogen-bond donors (Lipinski definition) is 0. The summed E-state index contributed by atoms with van der Waals surface area (Å²) in [5.74, 6) is -2.04. The van der Waals surface area contributed by atoms with Gasteiger partial charge in [-0.1, -0.05) is 26.1 Å². The maximum atomic E-state index is 12.1. The Hall–Kier alpha value is -0.523. The Morgan fingerprint density at radius 3 is 2.29 bits per heavy atom. The van der Waals surface area contributed by atoms with Gasteiger partial charge in [0.2, 0.25) is 0 Å². The average Bonchev–Trinajstić information content (AvgIpc) is 2.15. The van der Waals surface area contributed by atoms with Gasteiger partial charge in [-0.15, -0.1) is 0 Å². The number of alkyl halides is 3. The van der Waals surface area contributed by atoms with Gasteiger partial charge in [0.25, 0.3) is 0 Å². The van der Waals surface area contributed by atoms with Gasteiger partial charge in [-0.3, -0.25) is 0 Å². The van der Waals surface area contributed by atoms with Crippen molar-refractivity contribution in [3.63, 3.8) is 0 Å². The highest BCUT2D eigenvalue weighted by molar-refractivity contribution is 6.77. The SMILES string of the molecule is C[Si](C)(C)[C@@H]1CCC[C@@H](OC(=O)C(F)(F)F)C1. The van der Waals surface area contributed by atoms with Crippen molar-refractivity contribution in [2.75, 3.05) is 0 Å². The van der Waals surface area contributed by atoms with Crippen LogP contribution in [0.4, 0.5) is 13.2 Å². The molecule has 0 bridgehead atoms. The number of carbonyl (C=O) groups excluding carboxylic acids is 1. The quantitative estimate of drug-likeness (QED) is 0.563. The summed E-state index contributed by atoms with van der Waals surface area (Å²) in [6.45, 7) is 6.60. The van der Waals surface area contributed by atoms with Gasteiger partial charge in [0, 0.05) is 8.07 Å². The van der Waals surface area contributed by atoms with Gasteiger partial charge in [0.1, 0.15) is 6.10 Å². The van der Waals surface area contributed by atoms with Gasteiger partial charge in [-0.05, 0) is 24.8 Å². The zero-order valence-corrected chi connectivity index (χ0v) is 11.4. The normalized spacial score (nSPS) is 26.7. The van der Waals surface area contributed by atoms with Crippen molar-refractivity contribution in [2.45, 2.75) is 63.1 Å². The maximum Gasteiger partial charge on any atom is 0.490 e. The average molecular weight is 268 g/mol. The van der Waals surface area contributed by atoms with E-state index in [4.69, 9.17) is 0 Å². The molecule has 17 heavy (non-hydrogen) atoms. The fraction of sp³-hybridized carbons (Fsp3) is 0.909. The molecule has 0 amide bonds. The Morgan fingerprint density at radius 2 is 1.82 bits per heavy atom. The second-order valence-corrected chi connectivity index (χ2v) is 11.3. The van der Waals surface area contributed by atoms with Crippen LogP contribution < -0.4 is 0 Å². The molecule has 0 radical (unpaired) electrons. The molecule has 0 aliphatic heterocycles. The second-order valence-electron chi connectivity index (χ2n) is 5.75. The summed E-state index contributed by atoms with van der Waals surface area (Å²) in [5, 5.41) is 0. The number of rotatable bonds is 2. The summed E-state index contributed by atoms with van der Waals surface area (Å²) in [6.07, 6.45) is -2.36. The molecule has 2 atom stereocenters. The van der Waals surface area contributed by atoms with Crippen LogP contribution in [0.2, 0.25) is 25.2 Å². The fourth-order valence-corrected chi connectivity index (χ4v) is 4.30. The molecule has 2 nitrogen and oxygen atoms in total. The smallest absolute Gasteiger partial charge is 0.456 e. The van der Waals surface area contributed by atoms with Gasteiger partial charge in [-0.2, -0.15) is 13.2 Å². The molecule has 0 aromatic heterocycles. The van der Waals surface area contributed by atoms with E-state index in [0.717, 1.165) is 12.8 Å². The van der Waals surface area contributed by atoms with E-state index in [-0.39, 0.29) is 0 Å². The van der Waals surface area contributed by atoms with Gasteiger partial charge >= 0.3 is 12.1 Å². The lowest BCUT2D eigenvalue weighted by atomic mass is 9.97. The summed E-state index contributed by atoms with van der Waals surface area (Å²) >= 11 is 0. The van der Waals surface area contributed by atoms with Crippen LogP contribution in [-0.4, -0.2) is 26.3 Å². The monoisotopic (exact) mass is 268 g/mol. The maximum absolute atomic E-state index is 12.1. The van der Waals surface area contributed by atoms with E-state index in [0.29, 0.717) is 18.4 Å². The predicted molar refractivity (Wildman–Crippen MR) is 61.5 cm³/mol. The Balaban J connectivity index is 2.54. The van der Waals surface area contributed by atoms with Crippen molar-refractivity contribution >= 4 is 14.0 Å². The van der Waals surface area contributed by atoms with Crippen molar-refractivity contribution in [3.8, 4) is 0 Å². The lowest BCUT2D eigenvalue weighted by Gasteiger charge is -2.36. The lowest BCUT2D eigenvalue weighted by molar-refractivity contribution is -0.206. The molecule has 1 saturated carbocycles. The van der Waals surface area contributed by atoms with E-state index in [9.17, 15) is 18.0 Å². The van der Waals surface area contributed by atoms with Crippen LogP contribution in [0.5, 0.6) is 0 Å². The van der Waals surface area contributed by atoms with E-state index in [1.807, 2.05) is 0 Å². The van der Waals surface area contributed by atoms with E-state index in [1.165, 1.54) is 0 Å². The number of halogens is 3. The summed E-state index contributed by atoms with van der Waals surface area (Å²) in [6, 6.07) is 0. The molecule has 0 spiro atoms. The van der Waals surface area contributed by atoms with E-state index < -0.39 is 26.3 Å². The van der Waals surface area contributed by atoms with Gasteiger partial charge in [-0.25, -0.2) is 4.79 Å². The zero-order chi connectivity index (χ0) is 13.3. The highest BCUT2D eigenvalue weighted by Gasteiger charge is 2.43. The van der Waals surface area contributed by atoms with Gasteiger partial charge in [0.15, 0.2) is 0 Å². The highest BCUT2D eigenvalue weighted by atomic mass is 28.3. The molecule has 6 heteroatoms. The van der Waals surface area contributed by atoms with Crippen molar-refractivity contribution in [3.05, 3.63) is 0 Å². The van der Waals surface area contributed by atoms with Gasteiger partial charge in [0.05, 0.1) is 0 Å². The molecular weight excluding hydrogens is 249 g/mol. The number of ether oxygens (including phenoxy) is 1. The van der Waals surface area contributed by atoms with Crippen molar-refractivity contribution < 1.29 is 22.7 Å². The number of esters is 1. The molecule has 0 aromatic rings. The highest BCUT2D eigenvalue weighted by Crippen LogP contribution is 2.38. The number of carbonyl (C=O) groups is 1. The Bertz CT molecular complexity index is 283. The topological polar surface area (TPSA) is 26.3 Å². The Kier molecular flexibility index (Phi) is 4.27. The molecule has 0 saturated heterocycles. The van der Waals surface area contributed by atoms with Crippen LogP contribution in [0, 0.1) is 0 Å². The fourth-order valence-electron chi connectivity index (χ4n) is 2.26. The molecule has 1 aliphatic rings. The predicted octanol–water partition coefficient (Wildman–Crippen LogP) is 3.74. The van der Waals surface area contributed by atoms with Crippen LogP contribution in [-0.2, 0) is 9.53 Å². The lowest BCUT2D eigenvalue weighted by Crippen LogP contribution is -2.37. The summed E-state index contributed by atoms with van der Waals surface area (Å²) in [7, 11) is -1.37. The molecule has 1 aliphatic carbocycles. The first-order valence-corrected chi connectivity index (χ1v) is 9.46. The minimum atomic E-state index is -4.87. The largest absolute Gasteiger partial charge is 0.490 e. The number of hydrogen-bond acceptors (Lipinski definition) is 2. The zero-order valence-electron chi connectivity index (χ0n) is 10.4. The van der Waals surface area contributed by atoms with Crippen LogP contribution in [0.15, 0.2) is 0 Å². The third kappa shape index (κ3) is 4.33. The first-order valence-electron chi connectivity index (χ1n) is 5.88. The molecule has 100 valence electrons.